The van der Waals surface area contributed by atoms with Crippen LogP contribution in [0.4, 0.5) is 5.69 Å². The second-order valence-corrected chi connectivity index (χ2v) is 7.80. The number of nitrogens with zero attached hydrogens (tertiary/aromatic N) is 3. The van der Waals surface area contributed by atoms with E-state index in [0.717, 1.165) is 11.1 Å². The molecule has 0 unspecified atom stereocenters. The standard InChI is InChI=1S/C23H17N3O4/c24-12-16-19-20(21-15-4-2-1-3-13(15)7-8-25(16)21)23(28)26(22(19)27)14-5-6-17-18(11-14)30-10-9-29-17/h1-8,11,16,19-21H,9-10H2/t16-,19-,20-,21-/m0/s1. The monoisotopic (exact) mass is 399 g/mol. The summed E-state index contributed by atoms with van der Waals surface area (Å²) < 4.78 is 11.2. The van der Waals surface area contributed by atoms with Crippen LogP contribution in [0.25, 0.3) is 6.08 Å². The fourth-order valence-electron chi connectivity index (χ4n) is 5.13. The number of fused-ring (bicyclic) bond motifs is 6. The van der Waals surface area contributed by atoms with Gasteiger partial charge < -0.3 is 14.4 Å². The van der Waals surface area contributed by atoms with E-state index in [1.165, 1.54) is 4.90 Å². The minimum absolute atomic E-state index is 0.278. The SMILES string of the molecule is N#C[C@H]1[C@@H]2C(=O)N(c3ccc4c(c3)OCCO4)C(=O)[C@@H]2[C@@H]2c3ccccc3C=CN12. The molecule has 30 heavy (non-hydrogen) atoms. The second-order valence-electron chi connectivity index (χ2n) is 7.80. The lowest BCUT2D eigenvalue weighted by atomic mass is 9.85. The summed E-state index contributed by atoms with van der Waals surface area (Å²) in [6.07, 6.45) is 3.78. The van der Waals surface area contributed by atoms with E-state index in [2.05, 4.69) is 6.07 Å². The van der Waals surface area contributed by atoms with Crippen molar-refractivity contribution < 1.29 is 19.1 Å². The summed E-state index contributed by atoms with van der Waals surface area (Å²) in [5.74, 6) is -0.830. The highest BCUT2D eigenvalue weighted by Gasteiger charge is 2.63. The lowest BCUT2D eigenvalue weighted by molar-refractivity contribution is -0.123. The quantitative estimate of drug-likeness (QED) is 0.686. The molecule has 2 fully saturated rings. The molecule has 148 valence electrons. The Bertz CT molecular complexity index is 1170. The van der Waals surface area contributed by atoms with Gasteiger partial charge >= 0.3 is 0 Å². The van der Waals surface area contributed by atoms with Gasteiger partial charge in [-0.05, 0) is 29.3 Å². The van der Waals surface area contributed by atoms with Crippen molar-refractivity contribution in [2.24, 2.45) is 11.8 Å². The van der Waals surface area contributed by atoms with Crippen molar-refractivity contribution in [1.82, 2.24) is 4.90 Å². The third kappa shape index (κ3) is 2.13. The molecule has 7 heteroatoms. The number of amides is 2. The zero-order valence-corrected chi connectivity index (χ0v) is 15.9. The van der Waals surface area contributed by atoms with Crippen LogP contribution in [0, 0.1) is 23.2 Å². The maximum Gasteiger partial charge on any atom is 0.240 e. The summed E-state index contributed by atoms with van der Waals surface area (Å²) in [4.78, 5) is 30.1. The van der Waals surface area contributed by atoms with E-state index in [-0.39, 0.29) is 17.9 Å². The van der Waals surface area contributed by atoms with Crippen molar-refractivity contribution in [3.8, 4) is 17.6 Å². The van der Waals surface area contributed by atoms with Crippen molar-refractivity contribution in [2.45, 2.75) is 12.1 Å². The summed E-state index contributed by atoms with van der Waals surface area (Å²) in [6, 6.07) is 14.1. The summed E-state index contributed by atoms with van der Waals surface area (Å²) in [6.45, 7) is 0.882. The van der Waals surface area contributed by atoms with E-state index < -0.39 is 17.9 Å². The van der Waals surface area contributed by atoms with Crippen LogP contribution in [-0.4, -0.2) is 36.0 Å². The number of ether oxygens (including phenoxy) is 2. The molecule has 2 aromatic rings. The van der Waals surface area contributed by atoms with Crippen molar-refractivity contribution in [2.75, 3.05) is 18.1 Å². The number of hydrogen-bond donors (Lipinski definition) is 0. The van der Waals surface area contributed by atoms with Gasteiger partial charge in [-0.15, -0.1) is 0 Å². The van der Waals surface area contributed by atoms with Gasteiger partial charge in [-0.1, -0.05) is 24.3 Å². The Morgan fingerprint density at radius 3 is 2.57 bits per heavy atom. The first kappa shape index (κ1) is 17.1. The molecule has 2 aromatic carbocycles. The van der Waals surface area contributed by atoms with E-state index in [1.54, 1.807) is 18.2 Å². The largest absolute Gasteiger partial charge is 0.486 e. The minimum Gasteiger partial charge on any atom is -0.486 e. The normalized spacial score (nSPS) is 28.1. The van der Waals surface area contributed by atoms with E-state index >= 15 is 0 Å². The van der Waals surface area contributed by atoms with E-state index in [1.807, 2.05) is 41.4 Å². The predicted octanol–water partition coefficient (Wildman–Crippen LogP) is 2.50. The Labute approximate surface area is 172 Å². The molecular formula is C23H17N3O4. The summed E-state index contributed by atoms with van der Waals surface area (Å²) in [5.41, 5.74) is 2.43. The topological polar surface area (TPSA) is 82.9 Å². The van der Waals surface area contributed by atoms with Gasteiger partial charge in [0.05, 0.1) is 29.6 Å². The molecule has 0 bridgehead atoms. The molecule has 4 atom stereocenters. The molecule has 0 aliphatic carbocycles. The minimum atomic E-state index is -0.712. The van der Waals surface area contributed by atoms with Crippen LogP contribution < -0.4 is 14.4 Å². The average Bonchev–Trinajstić information content (AvgIpc) is 3.25. The Kier molecular flexibility index (Phi) is 3.48. The zero-order valence-electron chi connectivity index (χ0n) is 15.9. The highest BCUT2D eigenvalue weighted by molar-refractivity contribution is 6.23. The third-order valence-electron chi connectivity index (χ3n) is 6.38. The molecule has 7 nitrogen and oxygen atoms in total. The van der Waals surface area contributed by atoms with Gasteiger partial charge in [0.1, 0.15) is 19.3 Å². The number of nitriles is 1. The van der Waals surface area contributed by atoms with Crippen LogP contribution in [0.3, 0.4) is 0 Å². The van der Waals surface area contributed by atoms with Gasteiger partial charge in [-0.25, -0.2) is 4.90 Å². The van der Waals surface area contributed by atoms with Crippen LogP contribution in [0.15, 0.2) is 48.7 Å². The van der Waals surface area contributed by atoms with Crippen molar-refractivity contribution in [3.05, 3.63) is 59.8 Å². The fourth-order valence-corrected chi connectivity index (χ4v) is 5.13. The maximum absolute atomic E-state index is 13.6. The number of carbonyl (C=O) groups is 2. The van der Waals surface area contributed by atoms with Crippen molar-refractivity contribution in [3.63, 3.8) is 0 Å². The number of imide groups is 1. The molecule has 2 saturated heterocycles. The molecule has 0 aromatic heterocycles. The van der Waals surface area contributed by atoms with Crippen LogP contribution in [0.5, 0.6) is 11.5 Å². The number of rotatable bonds is 1. The van der Waals surface area contributed by atoms with Crippen LogP contribution >= 0.6 is 0 Å². The number of hydrogen-bond acceptors (Lipinski definition) is 6. The number of anilines is 1. The van der Waals surface area contributed by atoms with E-state index in [0.29, 0.717) is 30.4 Å². The molecule has 4 heterocycles. The summed E-state index contributed by atoms with van der Waals surface area (Å²) in [5, 5.41) is 9.87. The van der Waals surface area contributed by atoms with Gasteiger partial charge in [0.15, 0.2) is 11.5 Å². The molecule has 0 N–H and O–H groups in total. The van der Waals surface area contributed by atoms with Crippen molar-refractivity contribution >= 4 is 23.6 Å². The molecule has 6 rings (SSSR count). The highest BCUT2D eigenvalue weighted by Crippen LogP contribution is 2.53. The predicted molar refractivity (Wildman–Crippen MR) is 106 cm³/mol. The van der Waals surface area contributed by atoms with Gasteiger partial charge in [0.25, 0.3) is 0 Å². The van der Waals surface area contributed by atoms with Gasteiger partial charge in [-0.3, -0.25) is 9.59 Å². The molecule has 0 radical (unpaired) electrons. The second kappa shape index (κ2) is 6.10. The molecule has 2 amide bonds. The van der Waals surface area contributed by atoms with Crippen LogP contribution in [-0.2, 0) is 9.59 Å². The van der Waals surface area contributed by atoms with Gasteiger partial charge in [0.2, 0.25) is 11.8 Å². The molecule has 4 aliphatic rings. The zero-order chi connectivity index (χ0) is 20.4. The Morgan fingerprint density at radius 1 is 0.967 bits per heavy atom. The first-order valence-electron chi connectivity index (χ1n) is 9.90. The highest BCUT2D eigenvalue weighted by atomic mass is 16.6. The molecule has 0 saturated carbocycles. The third-order valence-corrected chi connectivity index (χ3v) is 6.38. The first-order valence-corrected chi connectivity index (χ1v) is 9.90. The van der Waals surface area contributed by atoms with Crippen molar-refractivity contribution in [1.29, 1.82) is 5.26 Å². The van der Waals surface area contributed by atoms with Gasteiger partial charge in [-0.2, -0.15) is 5.26 Å². The molecule has 4 aliphatic heterocycles. The number of carbonyl (C=O) groups excluding carboxylic acids is 2. The Hall–Kier alpha value is -3.79. The smallest absolute Gasteiger partial charge is 0.240 e. The summed E-state index contributed by atoms with van der Waals surface area (Å²) >= 11 is 0. The lowest BCUT2D eigenvalue weighted by Crippen LogP contribution is -2.40. The Balaban J connectivity index is 1.44. The van der Waals surface area contributed by atoms with Gasteiger partial charge in [0, 0.05) is 12.3 Å². The van der Waals surface area contributed by atoms with Crippen LogP contribution in [0.2, 0.25) is 0 Å². The fraction of sp³-hybridized carbons (Fsp3) is 0.261. The lowest BCUT2D eigenvalue weighted by Gasteiger charge is -2.33. The van der Waals surface area contributed by atoms with Crippen LogP contribution in [0.1, 0.15) is 17.2 Å². The Morgan fingerprint density at radius 2 is 1.73 bits per heavy atom. The molecule has 0 spiro atoms. The maximum atomic E-state index is 13.6. The average molecular weight is 399 g/mol. The first-order chi connectivity index (χ1) is 14.7. The van der Waals surface area contributed by atoms with E-state index in [9.17, 15) is 14.9 Å². The molecular weight excluding hydrogens is 382 g/mol. The number of benzene rings is 2. The summed E-state index contributed by atoms with van der Waals surface area (Å²) in [7, 11) is 0. The van der Waals surface area contributed by atoms with E-state index in [4.69, 9.17) is 9.47 Å².